The number of carbonyl (C=O) groups excluding carboxylic acids is 1. The van der Waals surface area contributed by atoms with Crippen molar-refractivity contribution in [2.75, 3.05) is 6.54 Å². The number of thiophene rings is 1. The van der Waals surface area contributed by atoms with E-state index in [9.17, 15) is 9.59 Å². The number of aliphatic carboxylic acids is 1. The van der Waals surface area contributed by atoms with Crippen molar-refractivity contribution >= 4 is 39.1 Å². The Labute approximate surface area is 131 Å². The van der Waals surface area contributed by atoms with E-state index in [1.807, 2.05) is 19.9 Å². The predicted octanol–water partition coefficient (Wildman–Crippen LogP) is 3.55. The average molecular weight is 362 g/mol. The maximum atomic E-state index is 12.1. The Morgan fingerprint density at radius 3 is 2.55 bits per heavy atom. The summed E-state index contributed by atoms with van der Waals surface area (Å²) in [7, 11) is 0. The second-order valence-corrected chi connectivity index (χ2v) is 7.43. The van der Waals surface area contributed by atoms with Crippen LogP contribution in [0.4, 0.5) is 0 Å². The minimum absolute atomic E-state index is 0.00178. The third kappa shape index (κ3) is 6.05. The molecular weight excluding hydrogens is 342 g/mol. The average Bonchev–Trinajstić information content (AvgIpc) is 2.74. The van der Waals surface area contributed by atoms with Crippen molar-refractivity contribution in [2.45, 2.75) is 45.6 Å². The van der Waals surface area contributed by atoms with E-state index in [0.29, 0.717) is 6.42 Å². The number of nitrogens with zero attached hydrogens (tertiary/aromatic N) is 1. The van der Waals surface area contributed by atoms with E-state index in [2.05, 4.69) is 22.0 Å². The van der Waals surface area contributed by atoms with Crippen LogP contribution in [0.15, 0.2) is 15.9 Å². The Bertz CT molecular complexity index is 459. The van der Waals surface area contributed by atoms with Gasteiger partial charge in [-0.15, -0.1) is 11.3 Å². The second-order valence-electron chi connectivity index (χ2n) is 4.88. The molecule has 0 fully saturated rings. The molecule has 1 amide bonds. The molecular formula is C14H20BrNO3S. The van der Waals surface area contributed by atoms with Crippen LogP contribution < -0.4 is 0 Å². The van der Waals surface area contributed by atoms with E-state index in [0.717, 1.165) is 16.6 Å². The summed E-state index contributed by atoms with van der Waals surface area (Å²) in [6.45, 7) is 4.11. The van der Waals surface area contributed by atoms with Crippen molar-refractivity contribution in [3.8, 4) is 0 Å². The molecule has 0 spiro atoms. The Kier molecular flexibility index (Phi) is 7.23. The number of carboxylic acids is 1. The fourth-order valence-corrected chi connectivity index (χ4v) is 3.46. The molecule has 1 N–H and O–H groups in total. The molecule has 0 aliphatic carbocycles. The van der Waals surface area contributed by atoms with Crippen molar-refractivity contribution in [3.63, 3.8) is 0 Å². The standard InChI is InChI=1S/C14H20BrNO3S/c1-10(2)16(9-8-14(18)19)13(17)5-3-4-11-6-7-12(15)20-11/h6-7,10H,3-5,8-9H2,1-2H3,(H,18,19). The van der Waals surface area contributed by atoms with Crippen LogP contribution in [-0.4, -0.2) is 34.5 Å². The summed E-state index contributed by atoms with van der Waals surface area (Å²) in [5.41, 5.74) is 0. The summed E-state index contributed by atoms with van der Waals surface area (Å²) < 4.78 is 1.10. The van der Waals surface area contributed by atoms with E-state index < -0.39 is 5.97 Å². The number of carbonyl (C=O) groups is 2. The molecule has 6 heteroatoms. The fourth-order valence-electron chi connectivity index (χ4n) is 1.93. The van der Waals surface area contributed by atoms with Gasteiger partial charge in [0.05, 0.1) is 10.2 Å². The summed E-state index contributed by atoms with van der Waals surface area (Å²) in [4.78, 5) is 25.6. The molecule has 20 heavy (non-hydrogen) atoms. The summed E-state index contributed by atoms with van der Waals surface area (Å²) in [6.07, 6.45) is 2.14. The zero-order valence-corrected chi connectivity index (χ0v) is 14.2. The summed E-state index contributed by atoms with van der Waals surface area (Å²) in [5, 5.41) is 8.71. The van der Waals surface area contributed by atoms with Gasteiger partial charge in [-0.1, -0.05) is 0 Å². The molecule has 1 aromatic heterocycles. The van der Waals surface area contributed by atoms with Crippen LogP contribution in [0.25, 0.3) is 0 Å². The monoisotopic (exact) mass is 361 g/mol. The van der Waals surface area contributed by atoms with Crippen LogP contribution in [0.3, 0.4) is 0 Å². The first-order valence-corrected chi connectivity index (χ1v) is 8.26. The van der Waals surface area contributed by atoms with Crippen LogP contribution in [0, 0.1) is 0 Å². The number of amides is 1. The molecule has 0 saturated carbocycles. The van der Waals surface area contributed by atoms with Gasteiger partial charge in [0.2, 0.25) is 5.91 Å². The third-order valence-corrected chi connectivity index (χ3v) is 4.64. The molecule has 1 heterocycles. The van der Waals surface area contributed by atoms with Gasteiger partial charge in [0.1, 0.15) is 0 Å². The fraction of sp³-hybridized carbons (Fsp3) is 0.571. The van der Waals surface area contributed by atoms with Crippen LogP contribution in [0.1, 0.15) is 38.0 Å². The summed E-state index contributed by atoms with van der Waals surface area (Å²) >= 11 is 5.10. The van der Waals surface area contributed by atoms with Gasteiger partial charge in [-0.05, 0) is 54.8 Å². The normalized spacial score (nSPS) is 10.8. The highest BCUT2D eigenvalue weighted by atomic mass is 79.9. The molecule has 1 aromatic rings. The first-order valence-electron chi connectivity index (χ1n) is 6.65. The number of rotatable bonds is 8. The van der Waals surface area contributed by atoms with Crippen molar-refractivity contribution in [1.29, 1.82) is 0 Å². The zero-order chi connectivity index (χ0) is 15.1. The highest BCUT2D eigenvalue weighted by Crippen LogP contribution is 2.23. The SMILES string of the molecule is CC(C)N(CCC(=O)O)C(=O)CCCc1ccc(Br)s1. The van der Waals surface area contributed by atoms with Gasteiger partial charge >= 0.3 is 5.97 Å². The number of hydrogen-bond acceptors (Lipinski definition) is 3. The molecule has 1 rings (SSSR count). The minimum atomic E-state index is -0.869. The maximum Gasteiger partial charge on any atom is 0.305 e. The van der Waals surface area contributed by atoms with Gasteiger partial charge in [0, 0.05) is 23.9 Å². The molecule has 0 atom stereocenters. The van der Waals surface area contributed by atoms with E-state index in [1.165, 1.54) is 4.88 Å². The number of carboxylic acid groups (broad SMARTS) is 1. The van der Waals surface area contributed by atoms with Crippen LogP contribution in [-0.2, 0) is 16.0 Å². The zero-order valence-electron chi connectivity index (χ0n) is 11.8. The van der Waals surface area contributed by atoms with Crippen LogP contribution >= 0.6 is 27.3 Å². The highest BCUT2D eigenvalue weighted by Gasteiger charge is 2.17. The van der Waals surface area contributed by atoms with E-state index in [4.69, 9.17) is 5.11 Å². The lowest BCUT2D eigenvalue weighted by atomic mass is 10.1. The largest absolute Gasteiger partial charge is 0.481 e. The Balaban J connectivity index is 2.39. The van der Waals surface area contributed by atoms with Crippen molar-refractivity contribution < 1.29 is 14.7 Å². The molecule has 4 nitrogen and oxygen atoms in total. The Hall–Kier alpha value is -0.880. The lowest BCUT2D eigenvalue weighted by Gasteiger charge is -2.26. The van der Waals surface area contributed by atoms with Crippen molar-refractivity contribution in [2.24, 2.45) is 0 Å². The van der Waals surface area contributed by atoms with Crippen molar-refractivity contribution in [3.05, 3.63) is 20.8 Å². The lowest BCUT2D eigenvalue weighted by molar-refractivity contribution is -0.139. The Morgan fingerprint density at radius 1 is 1.35 bits per heavy atom. The molecule has 0 bridgehead atoms. The minimum Gasteiger partial charge on any atom is -0.481 e. The van der Waals surface area contributed by atoms with Gasteiger partial charge in [0.15, 0.2) is 0 Å². The highest BCUT2D eigenvalue weighted by molar-refractivity contribution is 9.11. The summed E-state index contributed by atoms with van der Waals surface area (Å²) in [5.74, 6) is -0.830. The smallest absolute Gasteiger partial charge is 0.305 e. The summed E-state index contributed by atoms with van der Waals surface area (Å²) in [6, 6.07) is 4.11. The number of hydrogen-bond donors (Lipinski definition) is 1. The molecule has 0 radical (unpaired) electrons. The Morgan fingerprint density at radius 2 is 2.05 bits per heavy atom. The van der Waals surface area contributed by atoms with E-state index in [-0.39, 0.29) is 24.9 Å². The van der Waals surface area contributed by atoms with E-state index >= 15 is 0 Å². The van der Waals surface area contributed by atoms with E-state index in [1.54, 1.807) is 16.2 Å². The first kappa shape index (κ1) is 17.2. The van der Waals surface area contributed by atoms with Gasteiger partial charge in [-0.2, -0.15) is 0 Å². The number of halogens is 1. The topological polar surface area (TPSA) is 57.6 Å². The van der Waals surface area contributed by atoms with Crippen molar-refractivity contribution in [1.82, 2.24) is 4.90 Å². The lowest BCUT2D eigenvalue weighted by Crippen LogP contribution is -2.38. The molecule has 112 valence electrons. The number of aryl methyl sites for hydroxylation is 1. The molecule has 0 aliphatic heterocycles. The quantitative estimate of drug-likeness (QED) is 0.770. The third-order valence-electron chi connectivity index (χ3n) is 2.95. The maximum absolute atomic E-state index is 12.1. The predicted molar refractivity (Wildman–Crippen MR) is 84.1 cm³/mol. The van der Waals surface area contributed by atoms with Gasteiger partial charge in [-0.25, -0.2) is 0 Å². The van der Waals surface area contributed by atoms with Crippen LogP contribution in [0.2, 0.25) is 0 Å². The molecule has 0 saturated heterocycles. The second kappa shape index (κ2) is 8.42. The van der Waals surface area contributed by atoms with Gasteiger partial charge in [-0.3, -0.25) is 9.59 Å². The molecule has 0 aromatic carbocycles. The molecule has 0 aliphatic rings. The molecule has 0 unspecified atom stereocenters. The van der Waals surface area contributed by atoms with Gasteiger partial charge in [0.25, 0.3) is 0 Å². The first-order chi connectivity index (χ1) is 9.40. The van der Waals surface area contributed by atoms with Crippen LogP contribution in [0.5, 0.6) is 0 Å². The van der Waals surface area contributed by atoms with Gasteiger partial charge < -0.3 is 10.0 Å².